The number of rotatable bonds is 2. The zero-order valence-electron chi connectivity index (χ0n) is 11.6. The third kappa shape index (κ3) is 2.82. The standard InChI is InChI=1S/C14H22N2O2/c1-10-8-16(9-14(3,4)18-10)13-12(11(2)17)6-5-7-15-13/h5-7,10-11,17H,8-9H2,1-4H3/t10?,11-/m1/s1. The lowest BCUT2D eigenvalue weighted by Gasteiger charge is -2.43. The van der Waals surface area contributed by atoms with Crippen molar-refractivity contribution in [1.82, 2.24) is 4.98 Å². The van der Waals surface area contributed by atoms with Crippen LogP contribution in [0.2, 0.25) is 0 Å². The van der Waals surface area contributed by atoms with E-state index in [9.17, 15) is 5.11 Å². The van der Waals surface area contributed by atoms with E-state index in [1.807, 2.05) is 12.1 Å². The van der Waals surface area contributed by atoms with Crippen LogP contribution in [0.5, 0.6) is 0 Å². The molecule has 1 aromatic rings. The second kappa shape index (κ2) is 4.86. The van der Waals surface area contributed by atoms with Crippen molar-refractivity contribution in [3.63, 3.8) is 0 Å². The van der Waals surface area contributed by atoms with Gasteiger partial charge in [-0.3, -0.25) is 0 Å². The Labute approximate surface area is 109 Å². The van der Waals surface area contributed by atoms with Crippen molar-refractivity contribution >= 4 is 5.82 Å². The highest BCUT2D eigenvalue weighted by Crippen LogP contribution is 2.29. The van der Waals surface area contributed by atoms with Crippen molar-refractivity contribution in [3.8, 4) is 0 Å². The van der Waals surface area contributed by atoms with Crippen LogP contribution in [0.15, 0.2) is 18.3 Å². The highest BCUT2D eigenvalue weighted by Gasteiger charge is 2.33. The Bertz CT molecular complexity index is 418. The number of aromatic nitrogens is 1. The summed E-state index contributed by atoms with van der Waals surface area (Å²) in [5.74, 6) is 0.871. The monoisotopic (exact) mass is 250 g/mol. The molecule has 0 saturated carbocycles. The van der Waals surface area contributed by atoms with Crippen molar-refractivity contribution in [2.75, 3.05) is 18.0 Å². The van der Waals surface area contributed by atoms with Gasteiger partial charge in [0.15, 0.2) is 0 Å². The fourth-order valence-corrected chi connectivity index (χ4v) is 2.61. The topological polar surface area (TPSA) is 45.6 Å². The van der Waals surface area contributed by atoms with Gasteiger partial charge in [0, 0.05) is 24.8 Å². The number of pyridine rings is 1. The maximum absolute atomic E-state index is 9.83. The highest BCUT2D eigenvalue weighted by atomic mass is 16.5. The average molecular weight is 250 g/mol. The Hall–Kier alpha value is -1.13. The van der Waals surface area contributed by atoms with Crippen LogP contribution in [0.25, 0.3) is 0 Å². The van der Waals surface area contributed by atoms with Gasteiger partial charge in [-0.2, -0.15) is 0 Å². The van der Waals surface area contributed by atoms with Gasteiger partial charge in [0.2, 0.25) is 0 Å². The van der Waals surface area contributed by atoms with Crippen molar-refractivity contribution in [2.45, 2.75) is 45.5 Å². The Morgan fingerprint density at radius 1 is 1.56 bits per heavy atom. The van der Waals surface area contributed by atoms with Crippen molar-refractivity contribution in [1.29, 1.82) is 0 Å². The first-order valence-corrected chi connectivity index (χ1v) is 6.45. The molecule has 4 nitrogen and oxygen atoms in total. The van der Waals surface area contributed by atoms with Crippen LogP contribution in [0.1, 0.15) is 39.4 Å². The Balaban J connectivity index is 2.31. The minimum absolute atomic E-state index is 0.164. The molecule has 1 aliphatic rings. The molecule has 18 heavy (non-hydrogen) atoms. The first-order valence-electron chi connectivity index (χ1n) is 6.45. The average Bonchev–Trinajstić information content (AvgIpc) is 2.26. The van der Waals surface area contributed by atoms with E-state index in [2.05, 4.69) is 30.7 Å². The Morgan fingerprint density at radius 2 is 2.28 bits per heavy atom. The molecule has 1 saturated heterocycles. The first-order chi connectivity index (χ1) is 8.39. The van der Waals surface area contributed by atoms with E-state index in [1.54, 1.807) is 13.1 Å². The van der Waals surface area contributed by atoms with Crippen LogP contribution in [-0.2, 0) is 4.74 Å². The zero-order valence-corrected chi connectivity index (χ0v) is 11.6. The van der Waals surface area contributed by atoms with E-state index >= 15 is 0 Å². The summed E-state index contributed by atoms with van der Waals surface area (Å²) in [5.41, 5.74) is 0.688. The zero-order chi connectivity index (χ0) is 13.3. The smallest absolute Gasteiger partial charge is 0.134 e. The van der Waals surface area contributed by atoms with E-state index in [4.69, 9.17) is 4.74 Å². The van der Waals surface area contributed by atoms with Gasteiger partial charge in [-0.1, -0.05) is 6.07 Å². The molecule has 0 amide bonds. The minimum atomic E-state index is -0.505. The fourth-order valence-electron chi connectivity index (χ4n) is 2.61. The van der Waals surface area contributed by atoms with Crippen LogP contribution in [-0.4, -0.2) is 34.9 Å². The second-order valence-electron chi connectivity index (χ2n) is 5.66. The minimum Gasteiger partial charge on any atom is -0.389 e. The summed E-state index contributed by atoms with van der Waals surface area (Å²) in [6.07, 6.45) is 1.43. The third-order valence-corrected chi connectivity index (χ3v) is 3.14. The number of hydrogen-bond donors (Lipinski definition) is 1. The summed E-state index contributed by atoms with van der Waals surface area (Å²) >= 11 is 0. The van der Waals surface area contributed by atoms with Crippen LogP contribution in [0.4, 0.5) is 5.82 Å². The van der Waals surface area contributed by atoms with Crippen LogP contribution >= 0.6 is 0 Å². The van der Waals surface area contributed by atoms with E-state index < -0.39 is 6.10 Å². The summed E-state index contributed by atoms with van der Waals surface area (Å²) in [6.45, 7) is 9.60. The molecule has 1 aliphatic heterocycles. The summed E-state index contributed by atoms with van der Waals surface area (Å²) < 4.78 is 5.89. The molecule has 100 valence electrons. The SMILES string of the molecule is CC1CN(c2ncccc2[C@@H](C)O)CC(C)(C)O1. The van der Waals surface area contributed by atoms with Crippen LogP contribution in [0, 0.1) is 0 Å². The number of ether oxygens (including phenoxy) is 1. The molecule has 0 aromatic carbocycles. The molecule has 1 aromatic heterocycles. The quantitative estimate of drug-likeness (QED) is 0.873. The largest absolute Gasteiger partial charge is 0.389 e. The van der Waals surface area contributed by atoms with Crippen molar-refractivity contribution in [2.24, 2.45) is 0 Å². The molecule has 0 bridgehead atoms. The van der Waals surface area contributed by atoms with E-state index in [0.717, 1.165) is 24.5 Å². The predicted octanol–water partition coefficient (Wildman–Crippen LogP) is 2.14. The van der Waals surface area contributed by atoms with E-state index in [-0.39, 0.29) is 11.7 Å². The van der Waals surface area contributed by atoms with Crippen LogP contribution in [0.3, 0.4) is 0 Å². The third-order valence-electron chi connectivity index (χ3n) is 3.14. The molecule has 2 atom stereocenters. The summed E-state index contributed by atoms with van der Waals surface area (Å²) in [6, 6.07) is 3.79. The summed E-state index contributed by atoms with van der Waals surface area (Å²) in [7, 11) is 0. The molecule has 0 spiro atoms. The predicted molar refractivity (Wildman–Crippen MR) is 71.7 cm³/mol. The lowest BCUT2D eigenvalue weighted by Crippen LogP contribution is -2.52. The van der Waals surface area contributed by atoms with Gasteiger partial charge in [0.25, 0.3) is 0 Å². The molecule has 2 heterocycles. The number of hydrogen-bond acceptors (Lipinski definition) is 4. The second-order valence-corrected chi connectivity index (χ2v) is 5.66. The molecule has 1 unspecified atom stereocenters. The summed E-state index contributed by atoms with van der Waals surface area (Å²) in [4.78, 5) is 6.64. The lowest BCUT2D eigenvalue weighted by molar-refractivity contribution is -0.0752. The molecule has 2 rings (SSSR count). The lowest BCUT2D eigenvalue weighted by atomic mass is 10.0. The van der Waals surface area contributed by atoms with E-state index in [1.165, 1.54) is 0 Å². The van der Waals surface area contributed by atoms with Gasteiger partial charge in [0.05, 0.1) is 17.8 Å². The molecule has 0 aliphatic carbocycles. The molecule has 0 radical (unpaired) electrons. The van der Waals surface area contributed by atoms with Gasteiger partial charge < -0.3 is 14.7 Å². The van der Waals surface area contributed by atoms with Crippen molar-refractivity contribution in [3.05, 3.63) is 23.9 Å². The summed E-state index contributed by atoms with van der Waals surface area (Å²) in [5, 5.41) is 9.83. The molecule has 1 fully saturated rings. The van der Waals surface area contributed by atoms with Gasteiger partial charge >= 0.3 is 0 Å². The highest BCUT2D eigenvalue weighted by molar-refractivity contribution is 5.48. The molecule has 4 heteroatoms. The number of aliphatic hydroxyl groups is 1. The Morgan fingerprint density at radius 3 is 2.89 bits per heavy atom. The fraction of sp³-hybridized carbons (Fsp3) is 0.643. The normalized spacial score (nSPS) is 24.9. The molecular formula is C14H22N2O2. The van der Waals surface area contributed by atoms with Gasteiger partial charge in [0.1, 0.15) is 5.82 Å². The van der Waals surface area contributed by atoms with Crippen molar-refractivity contribution < 1.29 is 9.84 Å². The van der Waals surface area contributed by atoms with Crippen LogP contribution < -0.4 is 4.90 Å². The maximum atomic E-state index is 9.83. The number of aliphatic hydroxyl groups excluding tert-OH is 1. The number of anilines is 1. The van der Waals surface area contributed by atoms with Gasteiger partial charge in [-0.25, -0.2) is 4.98 Å². The number of morpholine rings is 1. The molecule has 1 N–H and O–H groups in total. The van der Waals surface area contributed by atoms with Gasteiger partial charge in [-0.05, 0) is 33.8 Å². The van der Waals surface area contributed by atoms with Gasteiger partial charge in [-0.15, -0.1) is 0 Å². The van der Waals surface area contributed by atoms with E-state index in [0.29, 0.717) is 0 Å². The maximum Gasteiger partial charge on any atom is 0.134 e. The molecular weight excluding hydrogens is 228 g/mol. The number of nitrogens with zero attached hydrogens (tertiary/aromatic N) is 2. The first kappa shape index (κ1) is 13.3. The Kier molecular flexibility index (Phi) is 3.59.